The number of rotatable bonds is 4. The number of benzene rings is 2. The maximum absolute atomic E-state index is 11.2. The maximum Gasteiger partial charge on any atom is 0.221 e. The number of amides is 1. The Bertz CT molecular complexity index is 906. The SMILES string of the molecule is COc1cccc2c(Nc3cccc(NC(C)=O)c3)cc(C)nc12. The van der Waals surface area contributed by atoms with Crippen LogP contribution < -0.4 is 15.4 Å². The first-order valence-electron chi connectivity index (χ1n) is 7.66. The average Bonchev–Trinajstić information content (AvgIpc) is 2.54. The fourth-order valence-corrected chi connectivity index (χ4v) is 2.65. The van der Waals surface area contributed by atoms with E-state index in [0.29, 0.717) is 0 Å². The van der Waals surface area contributed by atoms with Crippen molar-refractivity contribution in [3.8, 4) is 5.75 Å². The molecule has 5 heteroatoms. The lowest BCUT2D eigenvalue weighted by Crippen LogP contribution is -2.05. The molecule has 0 aliphatic heterocycles. The highest BCUT2D eigenvalue weighted by Crippen LogP contribution is 2.32. The summed E-state index contributed by atoms with van der Waals surface area (Å²) in [6.07, 6.45) is 0. The number of aromatic nitrogens is 1. The summed E-state index contributed by atoms with van der Waals surface area (Å²) in [5, 5.41) is 7.17. The van der Waals surface area contributed by atoms with Crippen LogP contribution in [0.25, 0.3) is 10.9 Å². The lowest BCUT2D eigenvalue weighted by Gasteiger charge is -2.13. The highest BCUT2D eigenvalue weighted by Gasteiger charge is 2.09. The van der Waals surface area contributed by atoms with Crippen LogP contribution in [0.2, 0.25) is 0 Å². The van der Waals surface area contributed by atoms with Crippen molar-refractivity contribution in [1.82, 2.24) is 4.98 Å². The Morgan fingerprint density at radius 1 is 1.08 bits per heavy atom. The molecule has 0 saturated carbocycles. The zero-order chi connectivity index (χ0) is 17.1. The van der Waals surface area contributed by atoms with Crippen molar-refractivity contribution in [2.45, 2.75) is 13.8 Å². The predicted molar refractivity (Wildman–Crippen MR) is 97.1 cm³/mol. The predicted octanol–water partition coefficient (Wildman–Crippen LogP) is 4.25. The summed E-state index contributed by atoms with van der Waals surface area (Å²) < 4.78 is 5.41. The summed E-state index contributed by atoms with van der Waals surface area (Å²) in [7, 11) is 1.64. The van der Waals surface area contributed by atoms with Gasteiger partial charge in [-0.2, -0.15) is 0 Å². The third-order valence-electron chi connectivity index (χ3n) is 3.61. The van der Waals surface area contributed by atoms with Crippen LogP contribution in [0.1, 0.15) is 12.6 Å². The molecule has 0 unspecified atom stereocenters. The van der Waals surface area contributed by atoms with Gasteiger partial charge in [0.05, 0.1) is 7.11 Å². The molecule has 1 heterocycles. The number of methoxy groups -OCH3 is 1. The molecule has 0 fully saturated rings. The molecule has 2 N–H and O–H groups in total. The van der Waals surface area contributed by atoms with E-state index in [0.717, 1.165) is 39.4 Å². The van der Waals surface area contributed by atoms with Gasteiger partial charge in [-0.3, -0.25) is 4.79 Å². The molecule has 2 aromatic carbocycles. The van der Waals surface area contributed by atoms with E-state index in [1.807, 2.05) is 55.5 Å². The first kappa shape index (κ1) is 15.8. The molecule has 0 aliphatic rings. The first-order valence-corrected chi connectivity index (χ1v) is 7.66. The van der Waals surface area contributed by atoms with Crippen molar-refractivity contribution >= 4 is 33.9 Å². The van der Waals surface area contributed by atoms with Gasteiger partial charge in [-0.1, -0.05) is 18.2 Å². The second kappa shape index (κ2) is 6.58. The molecular weight excluding hydrogens is 302 g/mol. The molecule has 0 atom stereocenters. The van der Waals surface area contributed by atoms with Gasteiger partial charge in [-0.05, 0) is 37.3 Å². The van der Waals surface area contributed by atoms with Crippen molar-refractivity contribution in [3.05, 3.63) is 54.2 Å². The van der Waals surface area contributed by atoms with E-state index >= 15 is 0 Å². The largest absolute Gasteiger partial charge is 0.494 e. The Kier molecular flexibility index (Phi) is 4.33. The summed E-state index contributed by atoms with van der Waals surface area (Å²) in [5.41, 5.74) is 4.29. The lowest BCUT2D eigenvalue weighted by molar-refractivity contribution is -0.114. The zero-order valence-corrected chi connectivity index (χ0v) is 13.9. The second-order valence-corrected chi connectivity index (χ2v) is 5.55. The maximum atomic E-state index is 11.2. The van der Waals surface area contributed by atoms with Crippen molar-refractivity contribution < 1.29 is 9.53 Å². The molecule has 3 rings (SSSR count). The molecule has 1 aromatic heterocycles. The van der Waals surface area contributed by atoms with Gasteiger partial charge in [0.2, 0.25) is 5.91 Å². The quantitative estimate of drug-likeness (QED) is 0.754. The summed E-state index contributed by atoms with van der Waals surface area (Å²) in [5.74, 6) is 0.647. The third-order valence-corrected chi connectivity index (χ3v) is 3.61. The number of pyridine rings is 1. The number of fused-ring (bicyclic) bond motifs is 1. The standard InChI is InChI=1S/C19H19N3O2/c1-12-10-17(16-8-5-9-18(24-3)19(16)20-12)22-15-7-4-6-14(11-15)21-13(2)23/h4-11H,1-3H3,(H,20,22)(H,21,23). The number of anilines is 3. The Hall–Kier alpha value is -3.08. The normalized spacial score (nSPS) is 10.5. The molecule has 0 saturated heterocycles. The zero-order valence-electron chi connectivity index (χ0n) is 13.9. The van der Waals surface area contributed by atoms with Crippen LogP contribution in [0.15, 0.2) is 48.5 Å². The summed E-state index contributed by atoms with van der Waals surface area (Å²) in [4.78, 5) is 15.8. The lowest BCUT2D eigenvalue weighted by atomic mass is 10.1. The van der Waals surface area contributed by atoms with Crippen LogP contribution in [-0.4, -0.2) is 18.0 Å². The van der Waals surface area contributed by atoms with Crippen molar-refractivity contribution in [1.29, 1.82) is 0 Å². The minimum absolute atomic E-state index is 0.0953. The molecule has 0 radical (unpaired) electrons. The van der Waals surface area contributed by atoms with Gasteiger partial charge in [-0.25, -0.2) is 4.98 Å². The number of aryl methyl sites for hydroxylation is 1. The van der Waals surface area contributed by atoms with Gasteiger partial charge in [0.15, 0.2) is 0 Å². The van der Waals surface area contributed by atoms with Crippen molar-refractivity contribution in [2.24, 2.45) is 0 Å². The monoisotopic (exact) mass is 321 g/mol. The molecular formula is C19H19N3O2. The highest BCUT2D eigenvalue weighted by molar-refractivity contribution is 5.97. The number of hydrogen-bond donors (Lipinski definition) is 2. The smallest absolute Gasteiger partial charge is 0.221 e. The number of para-hydroxylation sites is 1. The molecule has 24 heavy (non-hydrogen) atoms. The molecule has 3 aromatic rings. The molecule has 0 aliphatic carbocycles. The van der Waals surface area contributed by atoms with Crippen LogP contribution in [0.4, 0.5) is 17.1 Å². The van der Waals surface area contributed by atoms with E-state index in [4.69, 9.17) is 4.74 Å². The second-order valence-electron chi connectivity index (χ2n) is 5.55. The Balaban J connectivity index is 2.03. The van der Waals surface area contributed by atoms with Gasteiger partial charge in [0, 0.05) is 35.1 Å². The minimum Gasteiger partial charge on any atom is -0.494 e. The number of hydrogen-bond acceptors (Lipinski definition) is 4. The van der Waals surface area contributed by atoms with Gasteiger partial charge < -0.3 is 15.4 Å². The van der Waals surface area contributed by atoms with Crippen molar-refractivity contribution in [3.63, 3.8) is 0 Å². The van der Waals surface area contributed by atoms with E-state index < -0.39 is 0 Å². The number of carbonyl (C=O) groups excluding carboxylic acids is 1. The summed E-state index contributed by atoms with van der Waals surface area (Å²) in [6, 6.07) is 15.4. The van der Waals surface area contributed by atoms with Gasteiger partial charge in [-0.15, -0.1) is 0 Å². The van der Waals surface area contributed by atoms with E-state index in [9.17, 15) is 4.79 Å². The number of carbonyl (C=O) groups is 1. The van der Waals surface area contributed by atoms with E-state index in [-0.39, 0.29) is 5.91 Å². The van der Waals surface area contributed by atoms with Gasteiger partial charge in [0.25, 0.3) is 0 Å². The van der Waals surface area contributed by atoms with Crippen molar-refractivity contribution in [2.75, 3.05) is 17.7 Å². The summed E-state index contributed by atoms with van der Waals surface area (Å²) in [6.45, 7) is 3.44. The summed E-state index contributed by atoms with van der Waals surface area (Å²) >= 11 is 0. The molecule has 5 nitrogen and oxygen atoms in total. The topological polar surface area (TPSA) is 63.2 Å². The van der Waals surface area contributed by atoms with Crippen LogP contribution >= 0.6 is 0 Å². The van der Waals surface area contributed by atoms with E-state index in [2.05, 4.69) is 15.6 Å². The average molecular weight is 321 g/mol. The Labute approximate surface area is 140 Å². The number of nitrogens with one attached hydrogen (secondary N) is 2. The van der Waals surface area contributed by atoms with Crippen LogP contribution in [0, 0.1) is 6.92 Å². The Morgan fingerprint density at radius 2 is 1.83 bits per heavy atom. The number of nitrogens with zero attached hydrogens (tertiary/aromatic N) is 1. The minimum atomic E-state index is -0.0953. The molecule has 122 valence electrons. The van der Waals surface area contributed by atoms with Crippen LogP contribution in [0.3, 0.4) is 0 Å². The Morgan fingerprint density at radius 3 is 2.58 bits per heavy atom. The highest BCUT2D eigenvalue weighted by atomic mass is 16.5. The van der Waals surface area contributed by atoms with Gasteiger partial charge >= 0.3 is 0 Å². The fourth-order valence-electron chi connectivity index (χ4n) is 2.65. The number of ether oxygens (including phenoxy) is 1. The first-order chi connectivity index (χ1) is 11.6. The third kappa shape index (κ3) is 3.30. The van der Waals surface area contributed by atoms with Gasteiger partial charge in [0.1, 0.15) is 11.3 Å². The fraction of sp³-hybridized carbons (Fsp3) is 0.158. The van der Waals surface area contributed by atoms with Crippen LogP contribution in [-0.2, 0) is 4.79 Å². The van der Waals surface area contributed by atoms with E-state index in [1.165, 1.54) is 6.92 Å². The molecule has 0 spiro atoms. The van der Waals surface area contributed by atoms with E-state index in [1.54, 1.807) is 7.11 Å². The molecule has 1 amide bonds. The van der Waals surface area contributed by atoms with Crippen LogP contribution in [0.5, 0.6) is 5.75 Å². The molecule has 0 bridgehead atoms.